The molecule has 0 unspecified atom stereocenters. The van der Waals surface area contributed by atoms with E-state index in [1.807, 2.05) is 19.9 Å². The zero-order valence-corrected chi connectivity index (χ0v) is 11.0. The zero-order chi connectivity index (χ0) is 12.2. The highest BCUT2D eigenvalue weighted by molar-refractivity contribution is 7.14. The summed E-state index contributed by atoms with van der Waals surface area (Å²) in [5, 5.41) is 10.2. The van der Waals surface area contributed by atoms with Gasteiger partial charge >= 0.3 is 0 Å². The number of aryl methyl sites for hydroxylation is 2. The van der Waals surface area contributed by atoms with Crippen LogP contribution in [0.5, 0.6) is 0 Å². The summed E-state index contributed by atoms with van der Waals surface area (Å²) in [7, 11) is 0. The molecule has 2 fully saturated rings. The molecule has 1 N–H and O–H groups in total. The van der Waals surface area contributed by atoms with E-state index in [1.165, 1.54) is 10.4 Å². The van der Waals surface area contributed by atoms with Crippen molar-refractivity contribution in [3.8, 4) is 0 Å². The topological polar surface area (TPSA) is 40.5 Å². The molecule has 92 valence electrons. The molecule has 0 radical (unpaired) electrons. The third-order valence-electron chi connectivity index (χ3n) is 3.93. The predicted octanol–water partition coefficient (Wildman–Crippen LogP) is 1.96. The molecule has 2 aliphatic rings. The summed E-state index contributed by atoms with van der Waals surface area (Å²) in [6.45, 7) is 5.10. The first-order valence-corrected chi connectivity index (χ1v) is 6.90. The Bertz CT molecular complexity index is 450. The minimum Gasteiger partial charge on any atom is -0.386 e. The van der Waals surface area contributed by atoms with E-state index in [9.17, 15) is 9.90 Å². The van der Waals surface area contributed by atoms with Crippen LogP contribution in [-0.2, 0) is 0 Å². The summed E-state index contributed by atoms with van der Waals surface area (Å²) in [5.74, 6) is 0.523. The lowest BCUT2D eigenvalue weighted by Crippen LogP contribution is -2.64. The third kappa shape index (κ3) is 1.79. The number of aliphatic hydroxyl groups is 1. The summed E-state index contributed by atoms with van der Waals surface area (Å²) in [6.07, 6.45) is 2.24. The van der Waals surface area contributed by atoms with Gasteiger partial charge in [0.2, 0.25) is 0 Å². The van der Waals surface area contributed by atoms with Gasteiger partial charge in [0.1, 0.15) is 5.60 Å². The van der Waals surface area contributed by atoms with E-state index >= 15 is 0 Å². The van der Waals surface area contributed by atoms with Crippen LogP contribution < -0.4 is 0 Å². The number of hydrogen-bond donors (Lipinski definition) is 1. The number of rotatable bonds is 2. The molecule has 0 bridgehead atoms. The number of hydrogen-bond acceptors (Lipinski definition) is 3. The molecule has 1 saturated carbocycles. The summed E-state index contributed by atoms with van der Waals surface area (Å²) in [6, 6.07) is 1.96. The number of β-amino-alcohol motifs (C(OH)–C–C–N with tert-alkyl or cyclic N) is 1. The van der Waals surface area contributed by atoms with Gasteiger partial charge in [0.25, 0.3) is 5.91 Å². The number of likely N-dealkylation sites (tertiary alicyclic amines) is 1. The van der Waals surface area contributed by atoms with Gasteiger partial charge in [0, 0.05) is 4.88 Å². The zero-order valence-electron chi connectivity index (χ0n) is 10.2. The maximum atomic E-state index is 12.1. The molecule has 1 amide bonds. The predicted molar refractivity (Wildman–Crippen MR) is 67.4 cm³/mol. The summed E-state index contributed by atoms with van der Waals surface area (Å²) in [5.41, 5.74) is 0.605. The Balaban J connectivity index is 1.68. The van der Waals surface area contributed by atoms with E-state index in [1.54, 1.807) is 16.2 Å². The van der Waals surface area contributed by atoms with Crippen LogP contribution in [0.2, 0.25) is 0 Å². The van der Waals surface area contributed by atoms with Crippen molar-refractivity contribution in [1.82, 2.24) is 4.90 Å². The number of nitrogens with zero attached hydrogens (tertiary/aromatic N) is 1. The first-order chi connectivity index (χ1) is 7.99. The van der Waals surface area contributed by atoms with Gasteiger partial charge in [-0.15, -0.1) is 11.3 Å². The van der Waals surface area contributed by atoms with Crippen LogP contribution in [-0.4, -0.2) is 34.6 Å². The van der Waals surface area contributed by atoms with E-state index in [0.29, 0.717) is 19.0 Å². The fourth-order valence-electron chi connectivity index (χ4n) is 2.47. The molecular weight excluding hydrogens is 234 g/mol. The van der Waals surface area contributed by atoms with Crippen LogP contribution >= 0.6 is 11.3 Å². The van der Waals surface area contributed by atoms with Crippen LogP contribution in [0.25, 0.3) is 0 Å². The molecule has 0 spiro atoms. The highest BCUT2D eigenvalue weighted by Crippen LogP contribution is 2.45. The molecule has 1 aliphatic heterocycles. The number of amides is 1. The van der Waals surface area contributed by atoms with Crippen LogP contribution in [0, 0.1) is 19.8 Å². The maximum Gasteiger partial charge on any atom is 0.264 e. The van der Waals surface area contributed by atoms with Crippen molar-refractivity contribution in [3.63, 3.8) is 0 Å². The van der Waals surface area contributed by atoms with Crippen molar-refractivity contribution in [1.29, 1.82) is 0 Å². The quantitative estimate of drug-likeness (QED) is 0.873. The smallest absolute Gasteiger partial charge is 0.264 e. The van der Waals surface area contributed by atoms with Crippen LogP contribution in [0.1, 0.15) is 33.0 Å². The first-order valence-electron chi connectivity index (χ1n) is 6.08. The molecule has 1 aliphatic carbocycles. The van der Waals surface area contributed by atoms with Gasteiger partial charge in [-0.2, -0.15) is 0 Å². The SMILES string of the molecule is Cc1cc(C(=O)N2CC(O)(C3CC3)C2)sc1C. The first kappa shape index (κ1) is 11.2. The van der Waals surface area contributed by atoms with Gasteiger partial charge in [-0.1, -0.05) is 0 Å². The number of thiophene rings is 1. The Hall–Kier alpha value is -0.870. The molecule has 0 atom stereocenters. The van der Waals surface area contributed by atoms with Crippen molar-refractivity contribution in [3.05, 3.63) is 21.4 Å². The molecule has 3 rings (SSSR count). The number of carbonyl (C=O) groups is 1. The van der Waals surface area contributed by atoms with Crippen molar-refractivity contribution in [2.75, 3.05) is 13.1 Å². The molecule has 1 saturated heterocycles. The van der Waals surface area contributed by atoms with Gasteiger partial charge in [0.05, 0.1) is 18.0 Å². The van der Waals surface area contributed by atoms with Crippen molar-refractivity contribution < 1.29 is 9.90 Å². The lowest BCUT2D eigenvalue weighted by molar-refractivity contribution is -0.0956. The van der Waals surface area contributed by atoms with E-state index in [0.717, 1.165) is 17.7 Å². The Morgan fingerprint density at radius 3 is 2.59 bits per heavy atom. The average molecular weight is 251 g/mol. The van der Waals surface area contributed by atoms with Crippen molar-refractivity contribution in [2.45, 2.75) is 32.3 Å². The van der Waals surface area contributed by atoms with E-state index in [4.69, 9.17) is 0 Å². The Kier molecular flexibility index (Phi) is 2.35. The van der Waals surface area contributed by atoms with Crippen molar-refractivity contribution in [2.24, 2.45) is 5.92 Å². The second kappa shape index (κ2) is 3.56. The van der Waals surface area contributed by atoms with Gasteiger partial charge in [-0.05, 0) is 44.2 Å². The number of carbonyl (C=O) groups excluding carboxylic acids is 1. The minimum atomic E-state index is -0.572. The van der Waals surface area contributed by atoms with E-state index in [2.05, 4.69) is 0 Å². The van der Waals surface area contributed by atoms with Gasteiger partial charge < -0.3 is 10.0 Å². The van der Waals surface area contributed by atoms with Gasteiger partial charge in [-0.25, -0.2) is 0 Å². The molecule has 1 aromatic heterocycles. The van der Waals surface area contributed by atoms with Crippen molar-refractivity contribution >= 4 is 17.2 Å². The van der Waals surface area contributed by atoms with Crippen LogP contribution in [0.15, 0.2) is 6.07 Å². The molecule has 2 heterocycles. The second-order valence-electron chi connectivity index (χ2n) is 5.39. The standard InChI is InChI=1S/C13H17NO2S/c1-8-5-11(17-9(8)2)12(15)14-6-13(16,7-14)10-3-4-10/h5,10,16H,3-4,6-7H2,1-2H3. The monoisotopic (exact) mass is 251 g/mol. The molecular formula is C13H17NO2S. The average Bonchev–Trinajstić information content (AvgIpc) is 3.02. The third-order valence-corrected chi connectivity index (χ3v) is 5.07. The Labute approximate surface area is 105 Å². The fourth-order valence-corrected chi connectivity index (χ4v) is 3.47. The molecule has 17 heavy (non-hydrogen) atoms. The largest absolute Gasteiger partial charge is 0.386 e. The lowest BCUT2D eigenvalue weighted by atomic mass is 9.88. The Morgan fingerprint density at radius 1 is 1.47 bits per heavy atom. The summed E-state index contributed by atoms with van der Waals surface area (Å²) in [4.78, 5) is 15.9. The highest BCUT2D eigenvalue weighted by Gasteiger charge is 2.53. The van der Waals surface area contributed by atoms with E-state index < -0.39 is 5.60 Å². The normalized spacial score (nSPS) is 22.4. The highest BCUT2D eigenvalue weighted by atomic mass is 32.1. The molecule has 4 heteroatoms. The van der Waals surface area contributed by atoms with Crippen LogP contribution in [0.3, 0.4) is 0 Å². The maximum absolute atomic E-state index is 12.1. The van der Waals surface area contributed by atoms with E-state index in [-0.39, 0.29) is 5.91 Å². The molecule has 1 aromatic rings. The lowest BCUT2D eigenvalue weighted by Gasteiger charge is -2.46. The Morgan fingerprint density at radius 2 is 2.12 bits per heavy atom. The second-order valence-corrected chi connectivity index (χ2v) is 6.65. The summed E-state index contributed by atoms with van der Waals surface area (Å²) < 4.78 is 0. The molecule has 3 nitrogen and oxygen atoms in total. The van der Waals surface area contributed by atoms with Gasteiger partial charge in [0.15, 0.2) is 0 Å². The van der Waals surface area contributed by atoms with Crippen LogP contribution in [0.4, 0.5) is 0 Å². The van der Waals surface area contributed by atoms with Gasteiger partial charge in [-0.3, -0.25) is 4.79 Å². The molecule has 0 aromatic carbocycles. The fraction of sp³-hybridized carbons (Fsp3) is 0.615. The summed E-state index contributed by atoms with van der Waals surface area (Å²) >= 11 is 1.55. The minimum absolute atomic E-state index is 0.0801.